The van der Waals surface area contributed by atoms with Crippen molar-refractivity contribution in [3.05, 3.63) is 53.3 Å². The summed E-state index contributed by atoms with van der Waals surface area (Å²) in [5.74, 6) is -0.524. The molecular weight excluding hydrogens is 316 g/mol. The summed E-state index contributed by atoms with van der Waals surface area (Å²) in [7, 11) is 0. The number of carbonyl (C=O) groups excluding carboxylic acids is 2. The average molecular weight is 340 g/mol. The topological polar surface area (TPSA) is 90.0 Å². The van der Waals surface area contributed by atoms with Gasteiger partial charge in [-0.2, -0.15) is 5.10 Å². The van der Waals surface area contributed by atoms with Crippen molar-refractivity contribution in [2.75, 3.05) is 0 Å². The van der Waals surface area contributed by atoms with E-state index in [9.17, 15) is 9.59 Å². The van der Waals surface area contributed by atoms with Crippen LogP contribution in [0.1, 0.15) is 67.3 Å². The van der Waals surface area contributed by atoms with Crippen LogP contribution in [0.2, 0.25) is 0 Å². The summed E-state index contributed by atoms with van der Waals surface area (Å²) in [5.41, 5.74) is 7.32. The Hall–Kier alpha value is -2.63. The van der Waals surface area contributed by atoms with Crippen molar-refractivity contribution in [2.24, 2.45) is 5.73 Å². The normalized spacial score (nSPS) is 15.6. The van der Waals surface area contributed by atoms with Crippen molar-refractivity contribution in [2.45, 2.75) is 51.1 Å². The lowest BCUT2D eigenvalue weighted by Crippen LogP contribution is -2.37. The van der Waals surface area contributed by atoms with Crippen LogP contribution in [0.5, 0.6) is 0 Å². The fourth-order valence-electron chi connectivity index (χ4n) is 2.88. The molecule has 6 heteroatoms. The van der Waals surface area contributed by atoms with Gasteiger partial charge < -0.3 is 11.1 Å². The molecule has 3 rings (SSSR count). The van der Waals surface area contributed by atoms with Crippen LogP contribution in [0.4, 0.5) is 0 Å². The first kappa shape index (κ1) is 17.2. The molecule has 25 heavy (non-hydrogen) atoms. The minimum atomic E-state index is -0.877. The zero-order valence-electron chi connectivity index (χ0n) is 14.8. The van der Waals surface area contributed by atoms with Crippen LogP contribution in [0.15, 0.2) is 36.4 Å². The largest absolute Gasteiger partial charge is 0.368 e. The van der Waals surface area contributed by atoms with Gasteiger partial charge in [0.1, 0.15) is 6.04 Å². The smallest absolute Gasteiger partial charge is 0.272 e. The molecule has 132 valence electrons. The molecule has 1 atom stereocenters. The highest BCUT2D eigenvalue weighted by Gasteiger charge is 2.33. The number of primary amides is 1. The highest BCUT2D eigenvalue weighted by Crippen LogP contribution is 2.41. The number of nitrogens with zero attached hydrogens (tertiary/aromatic N) is 2. The van der Waals surface area contributed by atoms with Crippen LogP contribution in [0.3, 0.4) is 0 Å². The summed E-state index contributed by atoms with van der Waals surface area (Å²) < 4.78 is 1.92. The van der Waals surface area contributed by atoms with E-state index in [1.54, 1.807) is 24.3 Å². The maximum atomic E-state index is 12.7. The fourth-order valence-corrected chi connectivity index (χ4v) is 2.88. The quantitative estimate of drug-likeness (QED) is 0.876. The van der Waals surface area contributed by atoms with Gasteiger partial charge in [0, 0.05) is 11.6 Å². The highest BCUT2D eigenvalue weighted by atomic mass is 16.2. The van der Waals surface area contributed by atoms with Gasteiger partial charge in [-0.3, -0.25) is 14.3 Å². The van der Waals surface area contributed by atoms with Crippen LogP contribution in [-0.4, -0.2) is 21.6 Å². The molecule has 1 fully saturated rings. The fraction of sp³-hybridized carbons (Fsp3) is 0.421. The van der Waals surface area contributed by atoms with Crippen LogP contribution < -0.4 is 11.1 Å². The van der Waals surface area contributed by atoms with Crippen molar-refractivity contribution in [3.8, 4) is 0 Å². The molecule has 1 heterocycles. The Bertz CT molecular complexity index is 786. The number of nitrogens with two attached hydrogens (primary N) is 1. The summed E-state index contributed by atoms with van der Waals surface area (Å²) >= 11 is 0. The first-order valence-electron chi connectivity index (χ1n) is 8.53. The van der Waals surface area contributed by atoms with E-state index in [4.69, 9.17) is 5.73 Å². The van der Waals surface area contributed by atoms with Crippen molar-refractivity contribution >= 4 is 11.8 Å². The molecule has 1 saturated carbocycles. The van der Waals surface area contributed by atoms with Gasteiger partial charge in [0.2, 0.25) is 5.91 Å². The van der Waals surface area contributed by atoms with Crippen molar-refractivity contribution in [1.82, 2.24) is 15.1 Å². The first-order valence-corrected chi connectivity index (χ1v) is 8.53. The van der Waals surface area contributed by atoms with E-state index >= 15 is 0 Å². The molecule has 0 unspecified atom stereocenters. The van der Waals surface area contributed by atoms with Gasteiger partial charge in [-0.25, -0.2) is 0 Å². The maximum Gasteiger partial charge on any atom is 0.272 e. The molecule has 0 aliphatic heterocycles. The molecule has 0 spiro atoms. The average Bonchev–Trinajstić information content (AvgIpc) is 3.29. The van der Waals surface area contributed by atoms with Gasteiger partial charge >= 0.3 is 0 Å². The minimum Gasteiger partial charge on any atom is -0.368 e. The number of hydrogen-bond acceptors (Lipinski definition) is 3. The minimum absolute atomic E-state index is 0.209. The third-order valence-electron chi connectivity index (χ3n) is 4.29. The Morgan fingerprint density at radius 1 is 1.24 bits per heavy atom. The maximum absolute atomic E-state index is 12.7. The Kier molecular flexibility index (Phi) is 4.37. The summed E-state index contributed by atoms with van der Waals surface area (Å²) in [6.45, 7) is 6.18. The van der Waals surface area contributed by atoms with Crippen molar-refractivity contribution < 1.29 is 9.59 Å². The van der Waals surface area contributed by atoms with E-state index in [-0.39, 0.29) is 5.54 Å². The third kappa shape index (κ3) is 3.73. The second kappa shape index (κ2) is 6.35. The molecule has 1 aromatic heterocycles. The van der Waals surface area contributed by atoms with E-state index in [0.717, 1.165) is 18.5 Å². The summed E-state index contributed by atoms with van der Waals surface area (Å²) in [4.78, 5) is 24.5. The Labute approximate surface area is 147 Å². The molecule has 1 aliphatic carbocycles. The number of hydrogen-bond donors (Lipinski definition) is 2. The molecule has 1 aromatic carbocycles. The third-order valence-corrected chi connectivity index (χ3v) is 4.29. The number of rotatable bonds is 5. The van der Waals surface area contributed by atoms with Gasteiger partial charge in [-0.05, 0) is 45.2 Å². The van der Waals surface area contributed by atoms with Crippen LogP contribution >= 0.6 is 0 Å². The van der Waals surface area contributed by atoms with Gasteiger partial charge in [-0.15, -0.1) is 0 Å². The monoisotopic (exact) mass is 340 g/mol. The molecule has 1 aliphatic rings. The molecule has 2 amide bonds. The van der Waals surface area contributed by atoms with Crippen molar-refractivity contribution in [3.63, 3.8) is 0 Å². The van der Waals surface area contributed by atoms with Crippen LogP contribution in [0, 0.1) is 0 Å². The van der Waals surface area contributed by atoms with Crippen LogP contribution in [-0.2, 0) is 10.3 Å². The van der Waals surface area contributed by atoms with Crippen molar-refractivity contribution in [1.29, 1.82) is 0 Å². The predicted molar refractivity (Wildman–Crippen MR) is 95.0 cm³/mol. The van der Waals surface area contributed by atoms with E-state index in [0.29, 0.717) is 17.2 Å². The lowest BCUT2D eigenvalue weighted by Gasteiger charge is -2.22. The SMILES string of the molecule is CC(C)(C)n1nc(C(=O)N[C@H](C(N)=O)c2ccccc2)cc1C1CC1. The number of amides is 2. The van der Waals surface area contributed by atoms with Gasteiger partial charge in [0.15, 0.2) is 5.69 Å². The molecule has 3 N–H and O–H groups in total. The van der Waals surface area contributed by atoms with E-state index < -0.39 is 17.9 Å². The van der Waals surface area contributed by atoms with Gasteiger partial charge in [-0.1, -0.05) is 30.3 Å². The lowest BCUT2D eigenvalue weighted by molar-refractivity contribution is -0.120. The van der Waals surface area contributed by atoms with E-state index in [1.807, 2.05) is 16.8 Å². The zero-order valence-corrected chi connectivity index (χ0v) is 14.8. The Morgan fingerprint density at radius 3 is 2.40 bits per heavy atom. The van der Waals surface area contributed by atoms with E-state index in [1.165, 1.54) is 0 Å². The predicted octanol–water partition coefficient (Wildman–Crippen LogP) is 2.47. The Balaban J connectivity index is 1.86. The zero-order chi connectivity index (χ0) is 18.2. The number of carbonyl (C=O) groups is 2. The molecule has 2 aromatic rings. The van der Waals surface area contributed by atoms with Crippen LogP contribution in [0.25, 0.3) is 0 Å². The van der Waals surface area contributed by atoms with E-state index in [2.05, 4.69) is 31.2 Å². The number of benzene rings is 1. The standard InChI is InChI=1S/C19H24N4O2/c1-19(2,3)23-15(12-9-10-12)11-14(22-23)18(25)21-16(17(20)24)13-7-5-4-6-8-13/h4-8,11-12,16H,9-10H2,1-3H3,(H2,20,24)(H,21,25)/t16-/m0/s1. The van der Waals surface area contributed by atoms with Gasteiger partial charge in [0.25, 0.3) is 5.91 Å². The summed E-state index contributed by atoms with van der Waals surface area (Å²) in [5, 5.41) is 7.21. The second-order valence-corrected chi connectivity index (χ2v) is 7.53. The highest BCUT2D eigenvalue weighted by molar-refractivity contribution is 5.96. The lowest BCUT2D eigenvalue weighted by atomic mass is 10.1. The summed E-state index contributed by atoms with van der Waals surface area (Å²) in [6.07, 6.45) is 2.24. The molecular formula is C19H24N4O2. The molecule has 0 saturated heterocycles. The number of nitrogens with one attached hydrogen (secondary N) is 1. The molecule has 0 radical (unpaired) electrons. The number of aromatic nitrogens is 2. The molecule has 6 nitrogen and oxygen atoms in total. The Morgan fingerprint density at radius 2 is 1.88 bits per heavy atom. The first-order chi connectivity index (χ1) is 11.8. The van der Waals surface area contributed by atoms with Gasteiger partial charge in [0.05, 0.1) is 5.54 Å². The second-order valence-electron chi connectivity index (χ2n) is 7.53. The molecule has 0 bridgehead atoms. The summed E-state index contributed by atoms with van der Waals surface area (Å²) in [6, 6.07) is 9.93.